The minimum absolute atomic E-state index is 0.000917. The molecule has 66 heavy (non-hydrogen) atoms. The summed E-state index contributed by atoms with van der Waals surface area (Å²) in [6.07, 6.45) is -2.08. The number of benzene rings is 2. The molecule has 0 aromatic heterocycles. The summed E-state index contributed by atoms with van der Waals surface area (Å²) >= 11 is 0. The van der Waals surface area contributed by atoms with Crippen LogP contribution in [0, 0.1) is 16.0 Å². The van der Waals surface area contributed by atoms with E-state index in [1.165, 1.54) is 31.2 Å². The van der Waals surface area contributed by atoms with Gasteiger partial charge in [0.05, 0.1) is 18.1 Å². The Morgan fingerprint density at radius 2 is 1.12 bits per heavy atom. The zero-order valence-corrected chi connectivity index (χ0v) is 36.2. The molecule has 0 heterocycles. The highest BCUT2D eigenvalue weighted by atomic mass is 16.6. The summed E-state index contributed by atoms with van der Waals surface area (Å²) in [6.45, 7) is 2.84. The number of nitrogens with one attached hydrogen (secondary N) is 7. The second-order valence-electron chi connectivity index (χ2n) is 15.4. The fourth-order valence-corrected chi connectivity index (χ4v) is 5.96. The van der Waals surface area contributed by atoms with Crippen LogP contribution in [0.4, 0.5) is 5.69 Å². The molecule has 0 saturated carbocycles. The monoisotopic (exact) mass is 929 g/mol. The molecule has 13 N–H and O–H groups in total. The zero-order chi connectivity index (χ0) is 49.7. The van der Waals surface area contributed by atoms with E-state index in [0.29, 0.717) is 5.56 Å². The van der Waals surface area contributed by atoms with Crippen molar-refractivity contribution in [3.63, 3.8) is 0 Å². The highest BCUT2D eigenvalue weighted by molar-refractivity contribution is 5.99. The summed E-state index contributed by atoms with van der Waals surface area (Å²) in [5, 5.41) is 65.3. The average molecular weight is 930 g/mol. The molecular weight excluding hydrogens is 874 g/mol. The number of phenols is 1. The Balaban J connectivity index is 2.18. The number of carboxylic acid groups (broad SMARTS) is 2. The Morgan fingerprint density at radius 3 is 1.64 bits per heavy atom. The van der Waals surface area contributed by atoms with Crippen molar-refractivity contribution in [2.45, 2.75) is 102 Å². The summed E-state index contributed by atoms with van der Waals surface area (Å²) in [7, 11) is 0. The summed E-state index contributed by atoms with van der Waals surface area (Å²) in [4.78, 5) is 137. The smallest absolute Gasteiger partial charge is 0.303 e. The maximum atomic E-state index is 13.8. The lowest BCUT2D eigenvalue weighted by atomic mass is 10.00. The van der Waals surface area contributed by atoms with E-state index in [9.17, 15) is 73.4 Å². The summed E-state index contributed by atoms with van der Waals surface area (Å²) in [6, 6.07) is 1.52. The Morgan fingerprint density at radius 1 is 0.636 bits per heavy atom. The maximum Gasteiger partial charge on any atom is 0.303 e. The number of primary amides is 1. The number of amides is 8. The van der Waals surface area contributed by atoms with Gasteiger partial charge in [-0.2, -0.15) is 0 Å². The second kappa shape index (κ2) is 26.8. The van der Waals surface area contributed by atoms with Crippen LogP contribution in [0.5, 0.6) is 5.75 Å². The van der Waals surface area contributed by atoms with E-state index < -0.39 is 133 Å². The molecule has 25 nitrogen and oxygen atoms in total. The quantitative estimate of drug-likeness (QED) is 0.0320. The van der Waals surface area contributed by atoms with Crippen LogP contribution < -0.4 is 43.0 Å². The largest absolute Gasteiger partial charge is 0.508 e. The molecule has 0 fully saturated rings. The third-order valence-electron chi connectivity index (χ3n) is 9.56. The molecule has 6 atom stereocenters. The van der Waals surface area contributed by atoms with Gasteiger partial charge in [-0.15, -0.1) is 0 Å². The Hall–Kier alpha value is -7.70. The van der Waals surface area contributed by atoms with Gasteiger partial charge < -0.3 is 63.4 Å². The number of aliphatic hydroxyl groups excluding tert-OH is 1. The number of carboxylic acids is 2. The molecule has 360 valence electrons. The molecular formula is C41H55N9O16. The number of hydrogen-bond acceptors (Lipinski definition) is 14. The molecule has 8 amide bonds. The van der Waals surface area contributed by atoms with Gasteiger partial charge in [0.1, 0.15) is 42.0 Å². The first kappa shape index (κ1) is 54.4. The molecule has 2 aromatic rings. The van der Waals surface area contributed by atoms with E-state index in [-0.39, 0.29) is 48.6 Å². The van der Waals surface area contributed by atoms with Crippen molar-refractivity contribution in [3.05, 3.63) is 69.8 Å². The number of phenolic OH excluding ortho intramolecular Hbond substituents is 1. The summed E-state index contributed by atoms with van der Waals surface area (Å²) in [5.74, 6) is -10.7. The highest BCUT2D eigenvalue weighted by Gasteiger charge is 2.33. The molecule has 0 aliphatic rings. The van der Waals surface area contributed by atoms with Crippen LogP contribution in [0.3, 0.4) is 0 Å². The lowest BCUT2D eigenvalue weighted by molar-refractivity contribution is -0.384. The van der Waals surface area contributed by atoms with Crippen LogP contribution in [-0.2, 0) is 49.6 Å². The van der Waals surface area contributed by atoms with Crippen molar-refractivity contribution in [3.8, 4) is 5.75 Å². The van der Waals surface area contributed by atoms with Crippen LogP contribution in [-0.4, -0.2) is 134 Å². The third-order valence-corrected chi connectivity index (χ3v) is 9.56. The van der Waals surface area contributed by atoms with E-state index in [2.05, 4.69) is 37.2 Å². The van der Waals surface area contributed by atoms with Crippen LogP contribution >= 0.6 is 0 Å². The van der Waals surface area contributed by atoms with Gasteiger partial charge in [0.15, 0.2) is 0 Å². The number of nitrogens with two attached hydrogens (primary N) is 1. The van der Waals surface area contributed by atoms with Gasteiger partial charge in [0.25, 0.3) is 11.6 Å². The first-order valence-electron chi connectivity index (χ1n) is 20.5. The van der Waals surface area contributed by atoms with E-state index in [1.807, 2.05) is 0 Å². The predicted octanol–water partition coefficient (Wildman–Crippen LogP) is -2.15. The van der Waals surface area contributed by atoms with Crippen molar-refractivity contribution in [2.75, 3.05) is 13.2 Å². The number of carbonyl (C=O) groups excluding carboxylic acids is 8. The molecule has 0 bridgehead atoms. The van der Waals surface area contributed by atoms with Crippen molar-refractivity contribution >= 4 is 64.9 Å². The van der Waals surface area contributed by atoms with Crippen molar-refractivity contribution in [1.29, 1.82) is 0 Å². The maximum absolute atomic E-state index is 13.8. The number of nitro benzene ring substituents is 1. The number of non-ortho nitro benzene ring substituents is 1. The van der Waals surface area contributed by atoms with Gasteiger partial charge in [-0.1, -0.05) is 26.0 Å². The second-order valence-corrected chi connectivity index (χ2v) is 15.4. The van der Waals surface area contributed by atoms with E-state index in [1.54, 1.807) is 26.0 Å². The number of aromatic hydroxyl groups is 1. The van der Waals surface area contributed by atoms with Gasteiger partial charge in [0, 0.05) is 30.5 Å². The zero-order valence-electron chi connectivity index (χ0n) is 36.2. The number of hydrogen-bond donors (Lipinski definition) is 12. The number of nitro groups is 1. The lowest BCUT2D eigenvalue weighted by Gasteiger charge is -2.27. The van der Waals surface area contributed by atoms with Crippen LogP contribution in [0.1, 0.15) is 75.2 Å². The lowest BCUT2D eigenvalue weighted by Crippen LogP contribution is -2.60. The molecule has 25 heteroatoms. The van der Waals surface area contributed by atoms with E-state index >= 15 is 0 Å². The van der Waals surface area contributed by atoms with E-state index in [4.69, 9.17) is 10.8 Å². The normalized spacial score (nSPS) is 13.5. The molecule has 0 spiro atoms. The van der Waals surface area contributed by atoms with Crippen molar-refractivity contribution in [2.24, 2.45) is 11.7 Å². The number of aliphatic hydroxyl groups is 1. The minimum Gasteiger partial charge on any atom is -0.508 e. The Bertz CT molecular complexity index is 2080. The average Bonchev–Trinajstić information content (AvgIpc) is 3.25. The SMILES string of the molecule is CC(C)C[C@H](NC(=O)[C@H](CO)NC(=O)[C@H](CCC(=O)O)NC(=O)CNC(=O)[C@H](C)NC(=O)c1ccc([N+](=O)[O-])cc1)C(=O)N[C@@H](CCc1ccc(O)cc1)C(=O)N[C@@H](CCC(=O)O)C(N)=O. The first-order valence-corrected chi connectivity index (χ1v) is 20.5. The number of rotatable bonds is 28. The molecule has 0 aliphatic heterocycles. The third kappa shape index (κ3) is 19.4. The minimum atomic E-state index is -1.79. The number of aryl methyl sites for hydroxylation is 1. The van der Waals surface area contributed by atoms with Gasteiger partial charge in [-0.05, 0) is 74.8 Å². The first-order chi connectivity index (χ1) is 31.0. The number of aliphatic carboxylic acids is 2. The van der Waals surface area contributed by atoms with Crippen LogP contribution in [0.25, 0.3) is 0 Å². The Labute approximate surface area is 377 Å². The molecule has 0 radical (unpaired) electrons. The molecule has 0 aliphatic carbocycles. The van der Waals surface area contributed by atoms with Crippen molar-refractivity contribution < 1.29 is 73.3 Å². The van der Waals surface area contributed by atoms with Gasteiger partial charge in [0.2, 0.25) is 41.4 Å². The molecule has 0 saturated heterocycles. The fourth-order valence-electron chi connectivity index (χ4n) is 5.96. The fraction of sp³-hybridized carbons (Fsp3) is 0.463. The molecule has 2 aromatic carbocycles. The number of nitrogens with zero attached hydrogens (tertiary/aromatic N) is 1. The van der Waals surface area contributed by atoms with Crippen LogP contribution in [0.15, 0.2) is 48.5 Å². The predicted molar refractivity (Wildman–Crippen MR) is 229 cm³/mol. The Kier molecular flexibility index (Phi) is 22.1. The molecule has 0 unspecified atom stereocenters. The van der Waals surface area contributed by atoms with Gasteiger partial charge in [-0.25, -0.2) is 0 Å². The van der Waals surface area contributed by atoms with Gasteiger partial charge >= 0.3 is 11.9 Å². The standard InChI is InChI=1S/C41H55N9O16/c1-21(2)18-30(40(63)47-29(13-6-23-4-11-26(52)12-5-23)39(62)46-27(35(42)58)14-16-33(54)55)48-41(64)31(20-51)49-38(61)28(15-17-34(56)57)45-32(53)19-43-36(59)22(3)44-37(60)24-7-9-25(10-8-24)50(65)66/h4-5,7-12,21-22,27-31,51-52H,6,13-20H2,1-3H3,(H2,42,58)(H,43,59)(H,44,60)(H,45,53)(H,46,62)(H,47,63)(H,48,64)(H,49,61)(H,54,55)(H,56,57)/t22-,27-,28-,29-,30-,31-/m0/s1. The van der Waals surface area contributed by atoms with E-state index in [0.717, 1.165) is 12.1 Å². The summed E-state index contributed by atoms with van der Waals surface area (Å²) in [5.41, 5.74) is 5.75. The highest BCUT2D eigenvalue weighted by Crippen LogP contribution is 2.15. The van der Waals surface area contributed by atoms with Crippen LogP contribution in [0.2, 0.25) is 0 Å². The topological polar surface area (TPSA) is 405 Å². The summed E-state index contributed by atoms with van der Waals surface area (Å²) < 4.78 is 0. The molecule has 2 rings (SSSR count). The number of carbonyl (C=O) groups is 10. The van der Waals surface area contributed by atoms with Crippen molar-refractivity contribution in [1.82, 2.24) is 37.2 Å². The van der Waals surface area contributed by atoms with Gasteiger partial charge in [-0.3, -0.25) is 58.1 Å².